The lowest BCUT2D eigenvalue weighted by Gasteiger charge is -2.10. The minimum atomic E-state index is 0.719. The predicted molar refractivity (Wildman–Crippen MR) is 53.1 cm³/mol. The monoisotopic (exact) mass is 158 g/mol. The SMILES string of the molecule is C[C@H]1CCC=Cc2ccccc21. The van der Waals surface area contributed by atoms with E-state index < -0.39 is 0 Å². The van der Waals surface area contributed by atoms with Gasteiger partial charge in [-0.25, -0.2) is 0 Å². The molecule has 1 atom stereocenters. The second kappa shape index (κ2) is 3.14. The lowest BCUT2D eigenvalue weighted by molar-refractivity contribution is 0.696. The molecule has 0 spiro atoms. The van der Waals surface area contributed by atoms with Gasteiger partial charge < -0.3 is 0 Å². The summed E-state index contributed by atoms with van der Waals surface area (Å²) in [4.78, 5) is 0. The van der Waals surface area contributed by atoms with Gasteiger partial charge in [0.2, 0.25) is 0 Å². The van der Waals surface area contributed by atoms with Gasteiger partial charge in [-0.3, -0.25) is 0 Å². The van der Waals surface area contributed by atoms with Crippen LogP contribution in [-0.4, -0.2) is 0 Å². The Morgan fingerprint density at radius 2 is 2.08 bits per heavy atom. The van der Waals surface area contributed by atoms with Gasteiger partial charge in [0.1, 0.15) is 0 Å². The molecule has 0 aromatic heterocycles. The zero-order valence-electron chi connectivity index (χ0n) is 7.46. The molecule has 0 saturated carbocycles. The molecule has 2 rings (SSSR count). The van der Waals surface area contributed by atoms with E-state index in [4.69, 9.17) is 0 Å². The fraction of sp³-hybridized carbons (Fsp3) is 0.333. The summed E-state index contributed by atoms with van der Waals surface area (Å²) in [5.41, 5.74) is 2.91. The minimum absolute atomic E-state index is 0.719. The Kier molecular flexibility index (Phi) is 1.99. The number of hydrogen-bond acceptors (Lipinski definition) is 0. The molecule has 0 nitrogen and oxygen atoms in total. The summed E-state index contributed by atoms with van der Waals surface area (Å²) in [5.74, 6) is 0.719. The molecular formula is C12H14. The van der Waals surface area contributed by atoms with Crippen molar-refractivity contribution in [3.05, 3.63) is 41.5 Å². The van der Waals surface area contributed by atoms with Gasteiger partial charge in [-0.15, -0.1) is 0 Å². The van der Waals surface area contributed by atoms with E-state index in [-0.39, 0.29) is 0 Å². The summed E-state index contributed by atoms with van der Waals surface area (Å²) < 4.78 is 0. The summed E-state index contributed by atoms with van der Waals surface area (Å²) in [7, 11) is 0. The number of allylic oxidation sites excluding steroid dienone is 1. The van der Waals surface area contributed by atoms with Crippen LogP contribution in [0.3, 0.4) is 0 Å². The average molecular weight is 158 g/mol. The molecule has 0 unspecified atom stereocenters. The van der Waals surface area contributed by atoms with Crippen LogP contribution in [0.25, 0.3) is 6.08 Å². The third-order valence-electron chi connectivity index (χ3n) is 2.59. The molecule has 12 heavy (non-hydrogen) atoms. The standard InChI is InChI=1S/C12H14/c1-10-6-2-3-7-11-8-4-5-9-12(10)11/h3-5,7-10H,2,6H2,1H3/t10-/m0/s1. The molecular weight excluding hydrogens is 144 g/mol. The van der Waals surface area contributed by atoms with Crippen LogP contribution in [-0.2, 0) is 0 Å². The van der Waals surface area contributed by atoms with E-state index in [0.29, 0.717) is 0 Å². The van der Waals surface area contributed by atoms with E-state index >= 15 is 0 Å². The third kappa shape index (κ3) is 1.29. The van der Waals surface area contributed by atoms with Crippen LogP contribution in [0.5, 0.6) is 0 Å². The molecule has 1 aliphatic carbocycles. The number of fused-ring (bicyclic) bond motifs is 1. The molecule has 0 radical (unpaired) electrons. The Morgan fingerprint density at radius 3 is 3.00 bits per heavy atom. The van der Waals surface area contributed by atoms with Crippen molar-refractivity contribution in [2.24, 2.45) is 0 Å². The van der Waals surface area contributed by atoms with Gasteiger partial charge in [0.05, 0.1) is 0 Å². The van der Waals surface area contributed by atoms with Crippen LogP contribution in [0.4, 0.5) is 0 Å². The molecule has 1 aliphatic rings. The van der Waals surface area contributed by atoms with Crippen molar-refractivity contribution in [1.29, 1.82) is 0 Å². The van der Waals surface area contributed by atoms with Crippen molar-refractivity contribution in [2.75, 3.05) is 0 Å². The second-order valence-electron chi connectivity index (χ2n) is 3.51. The van der Waals surface area contributed by atoms with Crippen molar-refractivity contribution in [1.82, 2.24) is 0 Å². The van der Waals surface area contributed by atoms with Crippen molar-refractivity contribution in [3.8, 4) is 0 Å². The van der Waals surface area contributed by atoms with Gasteiger partial charge in [0.15, 0.2) is 0 Å². The maximum absolute atomic E-state index is 2.31. The van der Waals surface area contributed by atoms with Crippen molar-refractivity contribution in [2.45, 2.75) is 25.7 Å². The first-order chi connectivity index (χ1) is 5.88. The molecule has 0 bridgehead atoms. The molecule has 0 saturated heterocycles. The Labute approximate surface area is 73.9 Å². The first-order valence-corrected chi connectivity index (χ1v) is 4.63. The zero-order valence-corrected chi connectivity index (χ0v) is 7.46. The second-order valence-corrected chi connectivity index (χ2v) is 3.51. The Morgan fingerprint density at radius 1 is 1.25 bits per heavy atom. The number of rotatable bonds is 0. The topological polar surface area (TPSA) is 0 Å². The molecule has 0 fully saturated rings. The largest absolute Gasteiger partial charge is 0.0839 e. The Balaban J connectivity index is 2.49. The maximum Gasteiger partial charge on any atom is -0.0182 e. The first-order valence-electron chi connectivity index (χ1n) is 4.63. The Bertz CT molecular complexity index is 297. The number of hydrogen-bond donors (Lipinski definition) is 0. The summed E-state index contributed by atoms with van der Waals surface area (Å²) in [6.45, 7) is 2.31. The van der Waals surface area contributed by atoms with E-state index in [0.717, 1.165) is 5.92 Å². The van der Waals surface area contributed by atoms with E-state index in [1.807, 2.05) is 0 Å². The van der Waals surface area contributed by atoms with Crippen LogP contribution >= 0.6 is 0 Å². The van der Waals surface area contributed by atoms with Crippen molar-refractivity contribution >= 4 is 6.08 Å². The van der Waals surface area contributed by atoms with Crippen LogP contribution in [0.15, 0.2) is 30.3 Å². The molecule has 0 amide bonds. The van der Waals surface area contributed by atoms with Gasteiger partial charge in [-0.05, 0) is 29.9 Å². The molecule has 1 aromatic carbocycles. The van der Waals surface area contributed by atoms with Gasteiger partial charge >= 0.3 is 0 Å². The number of benzene rings is 1. The molecule has 1 aromatic rings. The molecule has 0 heterocycles. The Hall–Kier alpha value is -1.04. The van der Waals surface area contributed by atoms with Crippen molar-refractivity contribution < 1.29 is 0 Å². The molecule has 0 heteroatoms. The lowest BCUT2D eigenvalue weighted by Crippen LogP contribution is -1.93. The van der Waals surface area contributed by atoms with Gasteiger partial charge in [0, 0.05) is 0 Å². The fourth-order valence-corrected chi connectivity index (χ4v) is 1.82. The molecule has 0 aliphatic heterocycles. The van der Waals surface area contributed by atoms with Gasteiger partial charge in [-0.2, -0.15) is 0 Å². The van der Waals surface area contributed by atoms with Gasteiger partial charge in [0.25, 0.3) is 0 Å². The molecule has 0 N–H and O–H groups in total. The summed E-state index contributed by atoms with van der Waals surface area (Å²) >= 11 is 0. The average Bonchev–Trinajstić information content (AvgIpc) is 2.29. The van der Waals surface area contributed by atoms with E-state index in [9.17, 15) is 0 Å². The van der Waals surface area contributed by atoms with Crippen LogP contribution in [0.1, 0.15) is 36.8 Å². The summed E-state index contributed by atoms with van der Waals surface area (Å²) in [5, 5.41) is 0. The minimum Gasteiger partial charge on any atom is -0.0839 e. The smallest absolute Gasteiger partial charge is 0.0182 e. The maximum atomic E-state index is 2.31. The van der Waals surface area contributed by atoms with Crippen molar-refractivity contribution in [3.63, 3.8) is 0 Å². The lowest BCUT2D eigenvalue weighted by atomic mass is 9.94. The highest BCUT2D eigenvalue weighted by atomic mass is 14.1. The first kappa shape index (κ1) is 7.60. The summed E-state index contributed by atoms with van der Waals surface area (Å²) in [6.07, 6.45) is 7.03. The van der Waals surface area contributed by atoms with E-state index in [1.165, 1.54) is 24.0 Å². The van der Waals surface area contributed by atoms with Crippen LogP contribution in [0, 0.1) is 0 Å². The quantitative estimate of drug-likeness (QED) is 0.541. The normalized spacial score (nSPS) is 21.6. The van der Waals surface area contributed by atoms with Gasteiger partial charge in [-0.1, -0.05) is 43.3 Å². The highest BCUT2D eigenvalue weighted by molar-refractivity contribution is 5.55. The van der Waals surface area contributed by atoms with Crippen LogP contribution < -0.4 is 0 Å². The fourth-order valence-electron chi connectivity index (χ4n) is 1.82. The highest BCUT2D eigenvalue weighted by Gasteiger charge is 2.09. The highest BCUT2D eigenvalue weighted by Crippen LogP contribution is 2.27. The summed E-state index contributed by atoms with van der Waals surface area (Å²) in [6, 6.07) is 8.69. The molecule has 62 valence electrons. The predicted octanol–water partition coefficient (Wildman–Crippen LogP) is 3.60. The van der Waals surface area contributed by atoms with Crippen LogP contribution in [0.2, 0.25) is 0 Å². The third-order valence-corrected chi connectivity index (χ3v) is 2.59. The zero-order chi connectivity index (χ0) is 8.39. The van der Waals surface area contributed by atoms with E-state index in [1.54, 1.807) is 0 Å². The van der Waals surface area contributed by atoms with E-state index in [2.05, 4.69) is 43.3 Å².